The molecule has 1 aromatic heterocycles. The lowest BCUT2D eigenvalue weighted by atomic mass is 9.74. The smallest absolute Gasteiger partial charge is 0.407 e. The zero-order chi connectivity index (χ0) is 29.6. The Labute approximate surface area is 248 Å². The summed E-state index contributed by atoms with van der Waals surface area (Å²) < 4.78 is 7.10. The molecule has 1 aliphatic rings. The Kier molecular flexibility index (Phi) is 8.90. The SMILES string of the molecule is CC(C)(C)OC(=O)NCCn1ccc(/C=C2/CN(C(c3ccccc3)(c3ccccc3)c3ccccc3)CCC2O)n1. The fraction of sp³-hybridized carbons (Fsp3) is 0.314. The lowest BCUT2D eigenvalue weighted by Gasteiger charge is -2.48. The molecule has 1 aliphatic heterocycles. The summed E-state index contributed by atoms with van der Waals surface area (Å²) in [6, 6.07) is 33.8. The number of nitrogens with zero attached hydrogens (tertiary/aromatic N) is 3. The maximum Gasteiger partial charge on any atom is 0.407 e. The highest BCUT2D eigenvalue weighted by Crippen LogP contribution is 2.44. The fourth-order valence-corrected chi connectivity index (χ4v) is 5.74. The number of carbonyl (C=O) groups is 1. The van der Waals surface area contributed by atoms with Gasteiger partial charge in [0.2, 0.25) is 0 Å². The van der Waals surface area contributed by atoms with Crippen LogP contribution >= 0.6 is 0 Å². The third-order valence-electron chi connectivity index (χ3n) is 7.53. The molecular weight excluding hydrogens is 524 g/mol. The van der Waals surface area contributed by atoms with Crippen molar-refractivity contribution in [3.63, 3.8) is 0 Å². The Bertz CT molecular complexity index is 1380. The number of amides is 1. The Hall–Kier alpha value is -4.20. The minimum Gasteiger partial charge on any atom is -0.444 e. The van der Waals surface area contributed by atoms with Gasteiger partial charge in [-0.25, -0.2) is 4.79 Å². The predicted molar refractivity (Wildman–Crippen MR) is 166 cm³/mol. The average Bonchev–Trinajstić information content (AvgIpc) is 3.43. The van der Waals surface area contributed by atoms with Crippen molar-refractivity contribution in [1.82, 2.24) is 20.0 Å². The molecule has 1 saturated heterocycles. The molecule has 0 bridgehead atoms. The molecule has 3 aromatic carbocycles. The number of carbonyl (C=O) groups excluding carboxylic acids is 1. The number of benzene rings is 3. The van der Waals surface area contributed by atoms with Gasteiger partial charge in [0.15, 0.2) is 0 Å². The highest BCUT2D eigenvalue weighted by molar-refractivity contribution is 5.67. The van der Waals surface area contributed by atoms with Crippen LogP contribution in [0.25, 0.3) is 6.08 Å². The summed E-state index contributed by atoms with van der Waals surface area (Å²) in [5, 5.41) is 18.6. The van der Waals surface area contributed by atoms with Crippen LogP contribution in [-0.2, 0) is 16.8 Å². The van der Waals surface area contributed by atoms with Gasteiger partial charge in [-0.3, -0.25) is 9.58 Å². The van der Waals surface area contributed by atoms with Gasteiger partial charge in [-0.2, -0.15) is 5.10 Å². The van der Waals surface area contributed by atoms with Crippen molar-refractivity contribution in [1.29, 1.82) is 0 Å². The van der Waals surface area contributed by atoms with E-state index >= 15 is 0 Å². The van der Waals surface area contributed by atoms with Crippen molar-refractivity contribution in [3.05, 3.63) is 131 Å². The number of alkyl carbamates (subject to hydrolysis) is 1. The van der Waals surface area contributed by atoms with Crippen molar-refractivity contribution in [3.8, 4) is 0 Å². The van der Waals surface area contributed by atoms with Crippen LogP contribution in [0, 0.1) is 0 Å². The summed E-state index contributed by atoms with van der Waals surface area (Å²) in [4.78, 5) is 14.4. The Morgan fingerprint density at radius 1 is 0.929 bits per heavy atom. The normalized spacial score (nSPS) is 17.2. The number of rotatable bonds is 8. The lowest BCUT2D eigenvalue weighted by Crippen LogP contribution is -2.52. The monoisotopic (exact) mass is 564 g/mol. The molecule has 0 saturated carbocycles. The van der Waals surface area contributed by atoms with E-state index in [-0.39, 0.29) is 0 Å². The number of nitrogens with one attached hydrogen (secondary N) is 1. The van der Waals surface area contributed by atoms with Crippen LogP contribution < -0.4 is 5.32 Å². The van der Waals surface area contributed by atoms with Gasteiger partial charge in [-0.15, -0.1) is 0 Å². The molecule has 2 N–H and O–H groups in total. The molecule has 4 aromatic rings. The summed E-state index contributed by atoms with van der Waals surface area (Å²) >= 11 is 0. The second-order valence-electron chi connectivity index (χ2n) is 11.7. The minimum absolute atomic E-state index is 0.400. The van der Waals surface area contributed by atoms with Gasteiger partial charge < -0.3 is 15.2 Å². The van der Waals surface area contributed by atoms with E-state index in [0.717, 1.165) is 17.8 Å². The second-order valence-corrected chi connectivity index (χ2v) is 11.7. The van der Waals surface area contributed by atoms with Gasteiger partial charge in [-0.1, -0.05) is 91.0 Å². The van der Waals surface area contributed by atoms with Gasteiger partial charge in [0, 0.05) is 25.8 Å². The Balaban J connectivity index is 1.43. The topological polar surface area (TPSA) is 79.6 Å². The van der Waals surface area contributed by atoms with Gasteiger partial charge >= 0.3 is 6.09 Å². The molecule has 0 aliphatic carbocycles. The van der Waals surface area contributed by atoms with Crippen molar-refractivity contribution >= 4 is 12.2 Å². The van der Waals surface area contributed by atoms with E-state index in [0.29, 0.717) is 26.1 Å². The first-order chi connectivity index (χ1) is 20.3. The van der Waals surface area contributed by atoms with Crippen LogP contribution in [0.15, 0.2) is 109 Å². The average molecular weight is 565 g/mol. The maximum absolute atomic E-state index is 12.0. The molecule has 218 valence electrons. The van der Waals surface area contributed by atoms with Crippen LogP contribution in [0.4, 0.5) is 4.79 Å². The Morgan fingerprint density at radius 2 is 1.48 bits per heavy atom. The largest absolute Gasteiger partial charge is 0.444 e. The number of hydrogen-bond acceptors (Lipinski definition) is 5. The molecule has 5 rings (SSSR count). The summed E-state index contributed by atoms with van der Waals surface area (Å²) in [6.07, 6.45) is 3.50. The van der Waals surface area contributed by atoms with E-state index < -0.39 is 23.3 Å². The van der Waals surface area contributed by atoms with Gasteiger partial charge in [0.1, 0.15) is 5.60 Å². The summed E-state index contributed by atoms with van der Waals surface area (Å²) in [7, 11) is 0. The molecule has 1 amide bonds. The molecule has 1 fully saturated rings. The number of piperidine rings is 1. The zero-order valence-electron chi connectivity index (χ0n) is 24.6. The number of hydrogen-bond donors (Lipinski definition) is 2. The third-order valence-corrected chi connectivity index (χ3v) is 7.53. The molecule has 1 unspecified atom stereocenters. The summed E-state index contributed by atoms with van der Waals surface area (Å²) in [5.74, 6) is 0. The van der Waals surface area contributed by atoms with E-state index in [4.69, 9.17) is 9.84 Å². The standard InChI is InChI=1S/C35H40N4O3/c1-34(2,3)42-33(41)36-21-24-39-23-19-31(37-39)25-27-26-38(22-20-32(27)40)35(28-13-7-4-8-14-28,29-15-9-5-10-16-29)30-17-11-6-12-18-30/h4-19,23,25,32,40H,20-22,24,26H2,1-3H3,(H,36,41)/b27-25-. The molecule has 1 atom stereocenters. The number of aliphatic hydroxyl groups is 1. The third kappa shape index (κ3) is 6.64. The van der Waals surface area contributed by atoms with Crippen LogP contribution in [0.1, 0.15) is 49.6 Å². The first kappa shape index (κ1) is 29.3. The van der Waals surface area contributed by atoms with Crippen LogP contribution in [0.3, 0.4) is 0 Å². The van der Waals surface area contributed by atoms with E-state index in [1.54, 1.807) is 4.68 Å². The maximum atomic E-state index is 12.0. The minimum atomic E-state index is -0.555. The van der Waals surface area contributed by atoms with Crippen molar-refractivity contribution in [2.75, 3.05) is 19.6 Å². The van der Waals surface area contributed by atoms with Crippen LogP contribution in [0.2, 0.25) is 0 Å². The quantitative estimate of drug-likeness (QED) is 0.263. The molecule has 7 nitrogen and oxygen atoms in total. The molecule has 0 radical (unpaired) electrons. The van der Waals surface area contributed by atoms with E-state index in [9.17, 15) is 9.90 Å². The van der Waals surface area contributed by atoms with E-state index in [1.807, 2.05) is 39.1 Å². The predicted octanol–water partition coefficient (Wildman–Crippen LogP) is 5.85. The first-order valence-electron chi connectivity index (χ1n) is 14.6. The van der Waals surface area contributed by atoms with E-state index in [2.05, 4.69) is 101 Å². The van der Waals surface area contributed by atoms with Crippen LogP contribution in [0.5, 0.6) is 0 Å². The van der Waals surface area contributed by atoms with Gasteiger partial charge in [0.05, 0.1) is 23.9 Å². The fourth-order valence-electron chi connectivity index (χ4n) is 5.74. The molecule has 7 heteroatoms. The van der Waals surface area contributed by atoms with Crippen molar-refractivity contribution < 1.29 is 14.6 Å². The van der Waals surface area contributed by atoms with Gasteiger partial charge in [0.25, 0.3) is 0 Å². The highest BCUT2D eigenvalue weighted by atomic mass is 16.6. The number of aliphatic hydroxyl groups excluding tert-OH is 1. The molecule has 0 spiro atoms. The van der Waals surface area contributed by atoms with Crippen molar-refractivity contribution in [2.24, 2.45) is 0 Å². The summed E-state index contributed by atoms with van der Waals surface area (Å²) in [6.45, 7) is 7.72. The second kappa shape index (κ2) is 12.8. The first-order valence-corrected chi connectivity index (χ1v) is 14.6. The Morgan fingerprint density at radius 3 is 2.00 bits per heavy atom. The number of aromatic nitrogens is 2. The lowest BCUT2D eigenvalue weighted by molar-refractivity contribution is 0.0525. The van der Waals surface area contributed by atoms with E-state index in [1.165, 1.54) is 16.7 Å². The highest BCUT2D eigenvalue weighted by Gasteiger charge is 2.44. The number of ether oxygens (including phenoxy) is 1. The number of likely N-dealkylation sites (tertiary alicyclic amines) is 1. The summed E-state index contributed by atoms with van der Waals surface area (Å²) in [5.41, 5.74) is 4.15. The van der Waals surface area contributed by atoms with Crippen molar-refractivity contribution in [2.45, 2.75) is 51.0 Å². The molecule has 42 heavy (non-hydrogen) atoms. The van der Waals surface area contributed by atoms with Gasteiger partial charge in [-0.05, 0) is 61.6 Å². The molecular formula is C35H40N4O3. The molecule has 2 heterocycles. The zero-order valence-corrected chi connectivity index (χ0v) is 24.6. The van der Waals surface area contributed by atoms with Crippen LogP contribution in [-0.4, -0.2) is 57.2 Å².